The van der Waals surface area contributed by atoms with Gasteiger partial charge in [-0.2, -0.15) is 5.26 Å². The predicted octanol–water partition coefficient (Wildman–Crippen LogP) is 2.89. The Hall–Kier alpha value is -2.41. The number of benzene rings is 2. The number of nitriles is 1. The molecule has 0 saturated carbocycles. The molecule has 3 heteroatoms. The Morgan fingerprint density at radius 1 is 1.10 bits per heavy atom. The molecule has 2 rings (SSSR count). The summed E-state index contributed by atoms with van der Waals surface area (Å²) < 4.78 is 0. The van der Waals surface area contributed by atoms with Crippen LogP contribution in [0.25, 0.3) is 6.08 Å². The molecule has 0 aromatic heterocycles. The number of rotatable bonds is 6. The first kappa shape index (κ1) is 15.0. The lowest BCUT2D eigenvalue weighted by molar-refractivity contribution is 0.248. The molecule has 106 valence electrons. The van der Waals surface area contributed by atoms with Crippen molar-refractivity contribution in [3.8, 4) is 6.07 Å². The Kier molecular flexibility index (Phi) is 5.71. The lowest BCUT2D eigenvalue weighted by Gasteiger charge is -2.15. The zero-order valence-electron chi connectivity index (χ0n) is 11.7. The molecule has 21 heavy (non-hydrogen) atoms. The van der Waals surface area contributed by atoms with Crippen molar-refractivity contribution in [1.29, 1.82) is 5.26 Å². The highest BCUT2D eigenvalue weighted by atomic mass is 16.3. The normalized spacial score (nSPS) is 12.2. The standard InChI is InChI=1S/C18H18N2O/c19-13-16-10-8-15(9-11-16)5-4-12-20-18(14-21)17-6-2-1-3-7-17/h1-11,18,20-21H,12,14H2/b5-4+. The summed E-state index contributed by atoms with van der Waals surface area (Å²) in [5.41, 5.74) is 2.79. The van der Waals surface area contributed by atoms with Crippen LogP contribution in [0.2, 0.25) is 0 Å². The van der Waals surface area contributed by atoms with Gasteiger partial charge in [-0.25, -0.2) is 0 Å². The van der Waals surface area contributed by atoms with E-state index in [4.69, 9.17) is 5.26 Å². The summed E-state index contributed by atoms with van der Waals surface area (Å²) in [6.07, 6.45) is 4.00. The molecule has 0 saturated heterocycles. The van der Waals surface area contributed by atoms with Crippen LogP contribution in [-0.4, -0.2) is 18.3 Å². The number of aliphatic hydroxyl groups excluding tert-OH is 1. The predicted molar refractivity (Wildman–Crippen MR) is 84.5 cm³/mol. The highest BCUT2D eigenvalue weighted by molar-refractivity contribution is 5.51. The summed E-state index contributed by atoms with van der Waals surface area (Å²) in [6, 6.07) is 19.3. The van der Waals surface area contributed by atoms with Crippen molar-refractivity contribution in [2.75, 3.05) is 13.2 Å². The molecule has 0 aliphatic heterocycles. The molecular weight excluding hydrogens is 260 g/mol. The molecule has 2 aromatic carbocycles. The quantitative estimate of drug-likeness (QED) is 0.854. The summed E-state index contributed by atoms with van der Waals surface area (Å²) >= 11 is 0. The molecule has 0 heterocycles. The highest BCUT2D eigenvalue weighted by Gasteiger charge is 2.07. The van der Waals surface area contributed by atoms with E-state index >= 15 is 0 Å². The van der Waals surface area contributed by atoms with E-state index in [9.17, 15) is 5.11 Å². The minimum atomic E-state index is -0.0585. The van der Waals surface area contributed by atoms with Crippen LogP contribution in [0.1, 0.15) is 22.7 Å². The van der Waals surface area contributed by atoms with Crippen molar-refractivity contribution in [2.24, 2.45) is 0 Å². The van der Waals surface area contributed by atoms with E-state index in [1.807, 2.05) is 54.6 Å². The van der Waals surface area contributed by atoms with E-state index in [2.05, 4.69) is 11.4 Å². The van der Waals surface area contributed by atoms with Crippen LogP contribution in [0.4, 0.5) is 0 Å². The second-order valence-electron chi connectivity index (χ2n) is 4.69. The van der Waals surface area contributed by atoms with Crippen molar-refractivity contribution < 1.29 is 5.11 Å². The molecule has 0 amide bonds. The monoisotopic (exact) mass is 278 g/mol. The Morgan fingerprint density at radius 3 is 2.43 bits per heavy atom. The molecule has 1 unspecified atom stereocenters. The molecule has 0 fully saturated rings. The zero-order chi connectivity index (χ0) is 14.9. The van der Waals surface area contributed by atoms with Gasteiger partial charge in [0.2, 0.25) is 0 Å². The van der Waals surface area contributed by atoms with Gasteiger partial charge in [-0.15, -0.1) is 0 Å². The molecule has 3 nitrogen and oxygen atoms in total. The molecule has 0 spiro atoms. The lowest BCUT2D eigenvalue weighted by atomic mass is 10.1. The molecule has 0 bridgehead atoms. The maximum atomic E-state index is 9.44. The molecule has 1 atom stereocenters. The molecule has 2 aromatic rings. The number of nitrogens with zero attached hydrogens (tertiary/aromatic N) is 1. The summed E-state index contributed by atoms with van der Waals surface area (Å²) in [7, 11) is 0. The first-order valence-electron chi connectivity index (χ1n) is 6.89. The number of aliphatic hydroxyl groups is 1. The second kappa shape index (κ2) is 8.01. The fourth-order valence-corrected chi connectivity index (χ4v) is 2.05. The average Bonchev–Trinajstić information content (AvgIpc) is 2.56. The third-order valence-corrected chi connectivity index (χ3v) is 3.22. The van der Waals surface area contributed by atoms with Crippen molar-refractivity contribution >= 4 is 6.08 Å². The van der Waals surface area contributed by atoms with Gasteiger partial charge >= 0.3 is 0 Å². The first-order chi connectivity index (χ1) is 10.3. The topological polar surface area (TPSA) is 56.0 Å². The number of hydrogen-bond donors (Lipinski definition) is 2. The van der Waals surface area contributed by atoms with Gasteiger partial charge in [-0.3, -0.25) is 0 Å². The second-order valence-corrected chi connectivity index (χ2v) is 4.69. The van der Waals surface area contributed by atoms with Crippen LogP contribution < -0.4 is 5.32 Å². The Balaban J connectivity index is 1.87. The van der Waals surface area contributed by atoms with Crippen molar-refractivity contribution in [3.63, 3.8) is 0 Å². The fourth-order valence-electron chi connectivity index (χ4n) is 2.05. The third-order valence-electron chi connectivity index (χ3n) is 3.22. The SMILES string of the molecule is N#Cc1ccc(/C=C/CNC(CO)c2ccccc2)cc1. The summed E-state index contributed by atoms with van der Waals surface area (Å²) in [5.74, 6) is 0. The van der Waals surface area contributed by atoms with E-state index < -0.39 is 0 Å². The minimum Gasteiger partial charge on any atom is -0.394 e. The Morgan fingerprint density at radius 2 is 1.81 bits per heavy atom. The average molecular weight is 278 g/mol. The van der Waals surface area contributed by atoms with Crippen molar-refractivity contribution in [3.05, 3.63) is 77.4 Å². The summed E-state index contributed by atoms with van der Waals surface area (Å²) in [4.78, 5) is 0. The lowest BCUT2D eigenvalue weighted by Crippen LogP contribution is -2.24. The third kappa shape index (κ3) is 4.57. The van der Waals surface area contributed by atoms with E-state index in [0.29, 0.717) is 12.1 Å². The van der Waals surface area contributed by atoms with Crippen LogP contribution in [0.5, 0.6) is 0 Å². The van der Waals surface area contributed by atoms with Gasteiger partial charge in [0.1, 0.15) is 0 Å². The maximum absolute atomic E-state index is 9.44. The molecule has 2 N–H and O–H groups in total. The Bertz CT molecular complexity index is 612. The van der Waals surface area contributed by atoms with Crippen LogP contribution in [-0.2, 0) is 0 Å². The zero-order valence-corrected chi connectivity index (χ0v) is 11.7. The molecular formula is C18H18N2O. The van der Waals surface area contributed by atoms with Gasteiger partial charge in [-0.1, -0.05) is 54.6 Å². The van der Waals surface area contributed by atoms with Gasteiger partial charge in [0.15, 0.2) is 0 Å². The maximum Gasteiger partial charge on any atom is 0.0991 e. The van der Waals surface area contributed by atoms with Gasteiger partial charge in [0.25, 0.3) is 0 Å². The summed E-state index contributed by atoms with van der Waals surface area (Å²) in [6.45, 7) is 0.731. The van der Waals surface area contributed by atoms with Crippen LogP contribution in [0.3, 0.4) is 0 Å². The van der Waals surface area contributed by atoms with Gasteiger partial charge < -0.3 is 10.4 Å². The van der Waals surface area contributed by atoms with E-state index in [1.54, 1.807) is 12.1 Å². The van der Waals surface area contributed by atoms with Crippen LogP contribution in [0, 0.1) is 11.3 Å². The highest BCUT2D eigenvalue weighted by Crippen LogP contribution is 2.11. The smallest absolute Gasteiger partial charge is 0.0991 e. The fraction of sp³-hybridized carbons (Fsp3) is 0.167. The van der Waals surface area contributed by atoms with Crippen molar-refractivity contribution in [1.82, 2.24) is 5.32 Å². The van der Waals surface area contributed by atoms with E-state index in [0.717, 1.165) is 11.1 Å². The van der Waals surface area contributed by atoms with Gasteiger partial charge in [0.05, 0.1) is 24.3 Å². The first-order valence-corrected chi connectivity index (χ1v) is 6.89. The van der Waals surface area contributed by atoms with Crippen molar-refractivity contribution in [2.45, 2.75) is 6.04 Å². The number of hydrogen-bond acceptors (Lipinski definition) is 3. The van der Waals surface area contributed by atoms with Gasteiger partial charge in [-0.05, 0) is 23.3 Å². The van der Waals surface area contributed by atoms with Gasteiger partial charge in [0, 0.05) is 6.54 Å². The van der Waals surface area contributed by atoms with E-state index in [1.165, 1.54) is 0 Å². The minimum absolute atomic E-state index is 0.0585. The molecule has 0 radical (unpaired) electrons. The summed E-state index contributed by atoms with van der Waals surface area (Å²) in [5, 5.41) is 21.5. The Labute approximate surface area is 125 Å². The largest absolute Gasteiger partial charge is 0.394 e. The molecule has 0 aliphatic carbocycles. The molecule has 0 aliphatic rings. The van der Waals surface area contributed by atoms with Crippen LogP contribution >= 0.6 is 0 Å². The van der Waals surface area contributed by atoms with Crippen LogP contribution in [0.15, 0.2) is 60.7 Å². The number of nitrogens with one attached hydrogen (secondary N) is 1. The van der Waals surface area contributed by atoms with E-state index in [-0.39, 0.29) is 12.6 Å².